The van der Waals surface area contributed by atoms with Gasteiger partial charge in [-0.1, -0.05) is 116 Å². The Morgan fingerprint density at radius 2 is 1.65 bits per heavy atom. The van der Waals surface area contributed by atoms with E-state index in [9.17, 15) is 19.5 Å². The maximum Gasteiger partial charge on any atom is 0.408 e. The molecule has 0 bridgehead atoms. The standard InChI is InChI=1S/C41H41N5O7S/c1-26-35(24-54-40-44-42-25-45(40)2)52-39(53-37(26)31-13-11-27(22-47)12-14-31)32-17-15-30(16-18-32)33-10-6-9-29(19-33)21-46-36(48)20-34(38(46)49)43-41(50)51-23-28-7-4-3-5-8-28/h3-19,25-26,34-35,37,39,47H,20-24H2,1-2H3,(H,43,50). The van der Waals surface area contributed by atoms with Gasteiger partial charge in [0.2, 0.25) is 5.91 Å². The van der Waals surface area contributed by atoms with Crippen molar-refractivity contribution in [1.29, 1.82) is 0 Å². The highest BCUT2D eigenvalue weighted by atomic mass is 32.2. The van der Waals surface area contributed by atoms with Crippen molar-refractivity contribution in [3.8, 4) is 11.1 Å². The fourth-order valence-electron chi connectivity index (χ4n) is 6.60. The molecule has 1 aromatic heterocycles. The van der Waals surface area contributed by atoms with E-state index in [4.69, 9.17) is 14.2 Å². The molecule has 0 saturated carbocycles. The number of carbonyl (C=O) groups is 3. The molecule has 0 spiro atoms. The van der Waals surface area contributed by atoms with Crippen LogP contribution >= 0.6 is 11.8 Å². The molecule has 278 valence electrons. The smallest absolute Gasteiger partial charge is 0.408 e. The quantitative estimate of drug-likeness (QED) is 0.113. The average molecular weight is 748 g/mol. The van der Waals surface area contributed by atoms with Gasteiger partial charge in [0.1, 0.15) is 19.0 Å². The van der Waals surface area contributed by atoms with Gasteiger partial charge in [0.15, 0.2) is 11.4 Å². The summed E-state index contributed by atoms with van der Waals surface area (Å²) in [5, 5.41) is 21.1. The maximum atomic E-state index is 13.2. The van der Waals surface area contributed by atoms with Crippen LogP contribution in [0.15, 0.2) is 115 Å². The molecule has 5 aromatic rings. The van der Waals surface area contributed by atoms with Crippen molar-refractivity contribution in [1.82, 2.24) is 25.0 Å². The number of nitrogens with one attached hydrogen (secondary N) is 1. The molecular weight excluding hydrogens is 707 g/mol. The molecule has 12 nitrogen and oxygen atoms in total. The Bertz CT molecular complexity index is 2080. The molecule has 54 heavy (non-hydrogen) atoms. The van der Waals surface area contributed by atoms with Crippen LogP contribution in [-0.4, -0.2) is 60.6 Å². The van der Waals surface area contributed by atoms with E-state index in [1.165, 1.54) is 4.90 Å². The summed E-state index contributed by atoms with van der Waals surface area (Å²) in [6.07, 6.45) is -0.231. The zero-order chi connectivity index (χ0) is 37.6. The van der Waals surface area contributed by atoms with Crippen molar-refractivity contribution < 1.29 is 33.7 Å². The Kier molecular flexibility index (Phi) is 11.5. The highest BCUT2D eigenvalue weighted by Crippen LogP contribution is 2.43. The van der Waals surface area contributed by atoms with Crippen LogP contribution < -0.4 is 5.32 Å². The van der Waals surface area contributed by atoms with Crippen molar-refractivity contribution >= 4 is 29.7 Å². The van der Waals surface area contributed by atoms with Crippen LogP contribution in [0.5, 0.6) is 0 Å². The Morgan fingerprint density at radius 1 is 0.907 bits per heavy atom. The maximum absolute atomic E-state index is 13.2. The molecule has 7 rings (SSSR count). The lowest BCUT2D eigenvalue weighted by molar-refractivity contribution is -0.268. The fourth-order valence-corrected chi connectivity index (χ4v) is 7.65. The topological polar surface area (TPSA) is 145 Å². The van der Waals surface area contributed by atoms with Gasteiger partial charge in [-0.15, -0.1) is 10.2 Å². The van der Waals surface area contributed by atoms with E-state index >= 15 is 0 Å². The number of aliphatic hydroxyl groups is 1. The highest BCUT2D eigenvalue weighted by Gasteiger charge is 2.40. The predicted molar refractivity (Wildman–Crippen MR) is 200 cm³/mol. The first kappa shape index (κ1) is 37.0. The number of carbonyl (C=O) groups excluding carboxylic acids is 3. The number of imide groups is 1. The first-order chi connectivity index (χ1) is 26.2. The lowest BCUT2D eigenvalue weighted by atomic mass is 9.91. The summed E-state index contributed by atoms with van der Waals surface area (Å²) in [6, 6.07) is 31.7. The van der Waals surface area contributed by atoms with Gasteiger partial charge in [-0.3, -0.25) is 14.5 Å². The second-order valence-electron chi connectivity index (χ2n) is 13.5. The van der Waals surface area contributed by atoms with Gasteiger partial charge < -0.3 is 29.2 Å². The van der Waals surface area contributed by atoms with Crippen molar-refractivity contribution in [2.75, 3.05) is 5.75 Å². The SMILES string of the molecule is CC1C(CSc2nncn2C)OC(c2ccc(-c3cccc(CN4C(=O)CC(NC(=O)OCc5ccccc5)C4=O)c3)cc2)OC1c1ccc(CO)cc1. The number of thioether (sulfide) groups is 1. The number of aryl methyl sites for hydroxylation is 1. The Morgan fingerprint density at radius 3 is 2.37 bits per heavy atom. The number of ether oxygens (including phenoxy) is 3. The first-order valence-electron chi connectivity index (χ1n) is 17.7. The summed E-state index contributed by atoms with van der Waals surface area (Å²) >= 11 is 1.59. The summed E-state index contributed by atoms with van der Waals surface area (Å²) in [7, 11) is 1.91. The zero-order valence-corrected chi connectivity index (χ0v) is 30.7. The zero-order valence-electron chi connectivity index (χ0n) is 29.9. The summed E-state index contributed by atoms with van der Waals surface area (Å²) in [5.41, 5.74) is 6.15. The van der Waals surface area contributed by atoms with Crippen LogP contribution in [0.3, 0.4) is 0 Å². The Balaban J connectivity index is 1.01. The summed E-state index contributed by atoms with van der Waals surface area (Å²) in [5.74, 6) is -0.149. The first-order valence-corrected chi connectivity index (χ1v) is 18.7. The van der Waals surface area contributed by atoms with E-state index in [-0.39, 0.29) is 50.2 Å². The number of aromatic nitrogens is 3. The molecule has 2 aliphatic heterocycles. The van der Waals surface area contributed by atoms with Crippen LogP contribution in [0, 0.1) is 5.92 Å². The van der Waals surface area contributed by atoms with E-state index in [0.29, 0.717) is 5.75 Å². The van der Waals surface area contributed by atoms with Crippen LogP contribution in [-0.2, 0) is 50.6 Å². The average Bonchev–Trinajstić information content (AvgIpc) is 3.73. The number of amides is 3. The van der Waals surface area contributed by atoms with Gasteiger partial charge in [0, 0.05) is 24.3 Å². The molecule has 2 saturated heterocycles. The van der Waals surface area contributed by atoms with Crippen molar-refractivity contribution in [3.63, 3.8) is 0 Å². The molecule has 2 aliphatic rings. The van der Waals surface area contributed by atoms with Crippen LogP contribution in [0.25, 0.3) is 11.1 Å². The molecule has 3 amide bonds. The molecule has 3 heterocycles. The van der Waals surface area contributed by atoms with E-state index in [1.807, 2.05) is 115 Å². The lowest BCUT2D eigenvalue weighted by Gasteiger charge is -2.41. The number of benzene rings is 4. The minimum absolute atomic E-state index is 0.0258. The molecule has 2 N–H and O–H groups in total. The fraction of sp³-hybridized carbons (Fsp3) is 0.293. The molecule has 13 heteroatoms. The second-order valence-corrected chi connectivity index (χ2v) is 14.4. The predicted octanol–water partition coefficient (Wildman–Crippen LogP) is 6.11. The van der Waals surface area contributed by atoms with Crippen molar-refractivity contribution in [2.45, 2.75) is 62.8 Å². The molecule has 4 aromatic carbocycles. The van der Waals surface area contributed by atoms with Crippen LogP contribution in [0.1, 0.15) is 53.6 Å². The molecule has 2 fully saturated rings. The molecule has 5 unspecified atom stereocenters. The third-order valence-electron chi connectivity index (χ3n) is 9.70. The van der Waals surface area contributed by atoms with Gasteiger partial charge in [0.05, 0.1) is 31.8 Å². The number of alkyl carbamates (subject to hydrolysis) is 1. The van der Waals surface area contributed by atoms with E-state index in [2.05, 4.69) is 22.4 Å². The van der Waals surface area contributed by atoms with Crippen LogP contribution in [0.2, 0.25) is 0 Å². The highest BCUT2D eigenvalue weighted by molar-refractivity contribution is 7.99. The molecule has 5 atom stereocenters. The van der Waals surface area contributed by atoms with E-state index < -0.39 is 24.3 Å². The molecule has 0 aliphatic carbocycles. The normalized spacial score (nSPS) is 21.3. The summed E-state index contributed by atoms with van der Waals surface area (Å²) in [4.78, 5) is 39.6. The summed E-state index contributed by atoms with van der Waals surface area (Å²) in [6.45, 7) is 2.24. The van der Waals surface area contributed by atoms with Gasteiger partial charge in [0.25, 0.3) is 5.91 Å². The number of likely N-dealkylation sites (tertiary alicyclic amines) is 1. The number of rotatable bonds is 12. The Labute approximate surface area is 317 Å². The second kappa shape index (κ2) is 16.8. The van der Waals surface area contributed by atoms with Gasteiger partial charge in [-0.2, -0.15) is 0 Å². The van der Waals surface area contributed by atoms with Crippen LogP contribution in [0.4, 0.5) is 4.79 Å². The largest absolute Gasteiger partial charge is 0.445 e. The lowest BCUT2D eigenvalue weighted by Crippen LogP contribution is -2.41. The van der Waals surface area contributed by atoms with E-state index in [1.54, 1.807) is 18.1 Å². The van der Waals surface area contributed by atoms with Gasteiger partial charge in [-0.05, 0) is 39.4 Å². The van der Waals surface area contributed by atoms with Gasteiger partial charge >= 0.3 is 6.09 Å². The van der Waals surface area contributed by atoms with E-state index in [0.717, 1.165) is 44.1 Å². The number of aliphatic hydroxyl groups excluding tert-OH is 1. The van der Waals surface area contributed by atoms with Crippen molar-refractivity contribution in [3.05, 3.63) is 137 Å². The summed E-state index contributed by atoms with van der Waals surface area (Å²) < 4.78 is 20.4. The molecule has 0 radical (unpaired) electrons. The third kappa shape index (κ3) is 8.55. The Hall–Kier alpha value is -5.34. The van der Waals surface area contributed by atoms with Crippen molar-refractivity contribution in [2.24, 2.45) is 13.0 Å². The minimum Gasteiger partial charge on any atom is -0.445 e. The minimum atomic E-state index is -0.978. The monoisotopic (exact) mass is 747 g/mol. The third-order valence-corrected chi connectivity index (χ3v) is 10.8. The number of hydrogen-bond acceptors (Lipinski definition) is 10. The number of nitrogens with zero attached hydrogens (tertiary/aromatic N) is 4. The molecular formula is C41H41N5O7S. The number of hydrogen-bond donors (Lipinski definition) is 2. The van der Waals surface area contributed by atoms with Gasteiger partial charge in [-0.25, -0.2) is 4.79 Å².